The van der Waals surface area contributed by atoms with E-state index in [9.17, 15) is 4.79 Å². The number of hydrogen-bond donors (Lipinski definition) is 0. The lowest BCUT2D eigenvalue weighted by atomic mass is 10.2. The first-order valence-corrected chi connectivity index (χ1v) is 7.25. The summed E-state index contributed by atoms with van der Waals surface area (Å²) in [7, 11) is 0. The molecule has 0 bridgehead atoms. The number of carbonyl (C=O) groups is 1. The van der Waals surface area contributed by atoms with Crippen molar-refractivity contribution in [1.82, 2.24) is 9.88 Å². The highest BCUT2D eigenvalue weighted by Crippen LogP contribution is 2.16. The molecule has 0 aliphatic carbocycles. The first-order valence-electron chi connectivity index (χ1n) is 6.31. The molecule has 3 heterocycles. The molecule has 0 spiro atoms. The fraction of sp³-hybridized carbons (Fsp3) is 0.286. The third-order valence-electron chi connectivity index (χ3n) is 3.36. The number of hydrogen-bond acceptors (Lipinski definition) is 4. The highest BCUT2D eigenvalue weighted by molar-refractivity contribution is 7.08. The number of amides is 1. The summed E-state index contributed by atoms with van der Waals surface area (Å²) in [5.41, 5.74) is 1.99. The Bertz CT molecular complexity index is 533. The van der Waals surface area contributed by atoms with Crippen LogP contribution in [0.25, 0.3) is 0 Å². The van der Waals surface area contributed by atoms with Gasteiger partial charge in [-0.2, -0.15) is 11.3 Å². The van der Waals surface area contributed by atoms with Gasteiger partial charge < -0.3 is 9.80 Å². The molecule has 0 aromatic carbocycles. The van der Waals surface area contributed by atoms with Crippen LogP contribution < -0.4 is 4.90 Å². The van der Waals surface area contributed by atoms with Gasteiger partial charge in [-0.05, 0) is 23.6 Å². The molecule has 0 N–H and O–H groups in total. The van der Waals surface area contributed by atoms with Crippen molar-refractivity contribution in [3.8, 4) is 0 Å². The molecule has 0 radical (unpaired) electrons. The van der Waals surface area contributed by atoms with Crippen molar-refractivity contribution >= 4 is 22.9 Å². The summed E-state index contributed by atoms with van der Waals surface area (Å²) in [6.45, 7) is 3.30. The van der Waals surface area contributed by atoms with E-state index in [-0.39, 0.29) is 5.91 Å². The van der Waals surface area contributed by atoms with Gasteiger partial charge >= 0.3 is 0 Å². The molecule has 2 aromatic rings. The molecule has 1 amide bonds. The summed E-state index contributed by atoms with van der Waals surface area (Å²) in [6, 6.07) is 5.91. The minimum atomic E-state index is 0.149. The van der Waals surface area contributed by atoms with Crippen LogP contribution in [-0.2, 0) is 0 Å². The predicted octanol–water partition coefficient (Wildman–Crippen LogP) is 2.11. The van der Waals surface area contributed by atoms with Crippen LogP contribution in [0.3, 0.4) is 0 Å². The number of aromatic nitrogens is 1. The molecule has 1 saturated heterocycles. The smallest absolute Gasteiger partial charge is 0.254 e. The summed E-state index contributed by atoms with van der Waals surface area (Å²) in [6.07, 6.45) is 3.61. The highest BCUT2D eigenvalue weighted by atomic mass is 32.1. The minimum Gasteiger partial charge on any atom is -0.368 e. The fourth-order valence-corrected chi connectivity index (χ4v) is 2.92. The first kappa shape index (κ1) is 12.2. The van der Waals surface area contributed by atoms with Crippen LogP contribution in [0.2, 0.25) is 0 Å². The third kappa shape index (κ3) is 2.61. The van der Waals surface area contributed by atoms with E-state index in [1.54, 1.807) is 23.7 Å². The predicted molar refractivity (Wildman–Crippen MR) is 76.7 cm³/mol. The molecule has 98 valence electrons. The molecule has 19 heavy (non-hydrogen) atoms. The average molecular weight is 273 g/mol. The summed E-state index contributed by atoms with van der Waals surface area (Å²) >= 11 is 1.56. The van der Waals surface area contributed by atoms with Crippen LogP contribution in [-0.4, -0.2) is 42.0 Å². The zero-order valence-electron chi connectivity index (χ0n) is 10.5. The van der Waals surface area contributed by atoms with Gasteiger partial charge in [-0.25, -0.2) is 0 Å². The normalized spacial score (nSPS) is 15.6. The van der Waals surface area contributed by atoms with Crippen molar-refractivity contribution in [3.63, 3.8) is 0 Å². The number of pyridine rings is 1. The summed E-state index contributed by atoms with van der Waals surface area (Å²) < 4.78 is 0. The monoisotopic (exact) mass is 273 g/mol. The lowest BCUT2D eigenvalue weighted by molar-refractivity contribution is 0.0747. The molecule has 1 aliphatic heterocycles. The zero-order valence-corrected chi connectivity index (χ0v) is 11.3. The molecule has 1 aliphatic rings. The maximum Gasteiger partial charge on any atom is 0.254 e. The zero-order chi connectivity index (χ0) is 13.1. The summed E-state index contributed by atoms with van der Waals surface area (Å²) in [5.74, 6) is 0.149. The molecule has 0 saturated carbocycles. The number of anilines is 1. The van der Waals surface area contributed by atoms with Gasteiger partial charge in [0.2, 0.25) is 0 Å². The van der Waals surface area contributed by atoms with E-state index < -0.39 is 0 Å². The van der Waals surface area contributed by atoms with E-state index in [1.807, 2.05) is 33.9 Å². The van der Waals surface area contributed by atoms with Gasteiger partial charge in [-0.1, -0.05) is 0 Å². The average Bonchev–Trinajstić information content (AvgIpc) is 3.02. The van der Waals surface area contributed by atoms with Crippen molar-refractivity contribution in [2.45, 2.75) is 0 Å². The van der Waals surface area contributed by atoms with Crippen molar-refractivity contribution < 1.29 is 4.79 Å². The van der Waals surface area contributed by atoms with E-state index >= 15 is 0 Å². The van der Waals surface area contributed by atoms with Crippen LogP contribution in [0.5, 0.6) is 0 Å². The van der Waals surface area contributed by atoms with Crippen LogP contribution in [0.4, 0.5) is 5.69 Å². The quantitative estimate of drug-likeness (QED) is 0.841. The topological polar surface area (TPSA) is 36.4 Å². The highest BCUT2D eigenvalue weighted by Gasteiger charge is 2.22. The lowest BCUT2D eigenvalue weighted by Gasteiger charge is -2.36. The number of nitrogens with zero attached hydrogens (tertiary/aromatic N) is 3. The van der Waals surface area contributed by atoms with E-state index in [0.29, 0.717) is 0 Å². The lowest BCUT2D eigenvalue weighted by Crippen LogP contribution is -2.48. The third-order valence-corrected chi connectivity index (χ3v) is 4.05. The Morgan fingerprint density at radius 1 is 1.11 bits per heavy atom. The van der Waals surface area contributed by atoms with Crippen LogP contribution in [0.1, 0.15) is 10.4 Å². The summed E-state index contributed by atoms with van der Waals surface area (Å²) in [4.78, 5) is 20.5. The molecule has 0 unspecified atom stereocenters. The van der Waals surface area contributed by atoms with Crippen molar-refractivity contribution in [1.29, 1.82) is 0 Å². The molecule has 3 rings (SSSR count). The van der Waals surface area contributed by atoms with Gasteiger partial charge in [0.1, 0.15) is 0 Å². The maximum atomic E-state index is 12.2. The Morgan fingerprint density at radius 2 is 1.84 bits per heavy atom. The van der Waals surface area contributed by atoms with Gasteiger partial charge in [0.15, 0.2) is 0 Å². The number of rotatable bonds is 2. The van der Waals surface area contributed by atoms with Gasteiger partial charge in [0.25, 0.3) is 5.91 Å². The second-order valence-corrected chi connectivity index (χ2v) is 5.28. The molecular formula is C14H15N3OS. The fourth-order valence-electron chi connectivity index (χ4n) is 2.29. The minimum absolute atomic E-state index is 0.149. The van der Waals surface area contributed by atoms with Crippen LogP contribution in [0.15, 0.2) is 41.4 Å². The number of carbonyl (C=O) groups excluding carboxylic acids is 1. The maximum absolute atomic E-state index is 12.2. The Labute approximate surface area is 116 Å². The van der Waals surface area contributed by atoms with E-state index in [0.717, 1.165) is 31.7 Å². The second kappa shape index (κ2) is 5.40. The second-order valence-electron chi connectivity index (χ2n) is 4.50. The standard InChI is InChI=1S/C14H15N3OS/c18-14(12-3-10-19-11-12)17-8-6-16(7-9-17)13-1-4-15-5-2-13/h1-5,10-11H,6-9H2. The molecule has 2 aromatic heterocycles. The first-order chi connectivity index (χ1) is 9.34. The SMILES string of the molecule is O=C(c1ccsc1)N1CCN(c2ccncc2)CC1. The van der Waals surface area contributed by atoms with Gasteiger partial charge in [-0.3, -0.25) is 9.78 Å². The molecule has 5 heteroatoms. The van der Waals surface area contributed by atoms with Gasteiger partial charge in [0, 0.05) is 49.6 Å². The van der Waals surface area contributed by atoms with Crippen molar-refractivity contribution in [3.05, 3.63) is 46.9 Å². The summed E-state index contributed by atoms with van der Waals surface area (Å²) in [5, 5.41) is 3.86. The number of piperazine rings is 1. The van der Waals surface area contributed by atoms with Crippen molar-refractivity contribution in [2.24, 2.45) is 0 Å². The van der Waals surface area contributed by atoms with Crippen LogP contribution in [0, 0.1) is 0 Å². The molecule has 4 nitrogen and oxygen atoms in total. The van der Waals surface area contributed by atoms with E-state index in [1.165, 1.54) is 5.69 Å². The molecule has 1 fully saturated rings. The Balaban J connectivity index is 1.62. The van der Waals surface area contributed by atoms with Crippen molar-refractivity contribution in [2.75, 3.05) is 31.1 Å². The Hall–Kier alpha value is -1.88. The Kier molecular flexibility index (Phi) is 3.46. The van der Waals surface area contributed by atoms with Crippen LogP contribution >= 0.6 is 11.3 Å². The number of thiophene rings is 1. The Morgan fingerprint density at radius 3 is 2.47 bits per heavy atom. The van der Waals surface area contributed by atoms with Gasteiger partial charge in [0.05, 0.1) is 5.56 Å². The molecular weight excluding hydrogens is 258 g/mol. The largest absolute Gasteiger partial charge is 0.368 e. The van der Waals surface area contributed by atoms with Gasteiger partial charge in [-0.15, -0.1) is 0 Å². The van der Waals surface area contributed by atoms with E-state index in [2.05, 4.69) is 9.88 Å². The van der Waals surface area contributed by atoms with E-state index in [4.69, 9.17) is 0 Å². The molecule has 0 atom stereocenters.